The van der Waals surface area contributed by atoms with E-state index in [4.69, 9.17) is 15.1 Å². The molecule has 2 aromatic carbocycles. The molecule has 1 aliphatic heterocycles. The number of carbonyl (C=O) groups is 1. The number of nitrogens with zero attached hydrogens (tertiary/aromatic N) is 1. The fourth-order valence-corrected chi connectivity index (χ4v) is 4.07. The first-order valence-corrected chi connectivity index (χ1v) is 11.2. The van der Waals surface area contributed by atoms with E-state index < -0.39 is 114 Å². The molecular weight excluding hydrogens is 487 g/mol. The average molecular weight is 529 g/mol. The molecule has 0 unspecified atom stereocenters. The van der Waals surface area contributed by atoms with Crippen LogP contribution in [0.4, 0.5) is 13.2 Å². The number of benzene rings is 2. The van der Waals surface area contributed by atoms with Crippen LogP contribution >= 0.6 is 0 Å². The van der Waals surface area contributed by atoms with E-state index >= 15 is 4.39 Å². The minimum Gasteiger partial charge on any atom is -0.395 e. The van der Waals surface area contributed by atoms with Crippen molar-refractivity contribution in [3.63, 3.8) is 0 Å². The number of ketones is 1. The topological polar surface area (TPSA) is 80.9 Å². The second-order valence-corrected chi connectivity index (χ2v) is 9.25. The van der Waals surface area contributed by atoms with Crippen molar-refractivity contribution >= 4 is 16.7 Å². The largest absolute Gasteiger partial charge is 0.586 e. The standard InChI is InChI=1S/C28H30F3NO5/c1-4-26(2,3)24-10-17-9-16(20(29)13-21(17)32(24)14-19(34)15-33)11-25(35)27(7-8-27)18-5-6-22-23(12-18)37-28(30,31)36-22/h5-6,9-10,12-13,19,33-34H,4,7-8,11,14-15H2,1-3H3/t19-/m1/s1/i4D2,5D,6D,7D2,8D2,12D,14D2. The Morgan fingerprint density at radius 3 is 2.62 bits per heavy atom. The number of hydrogen-bond donors (Lipinski definition) is 2. The van der Waals surface area contributed by atoms with E-state index in [-0.39, 0.29) is 16.6 Å². The molecule has 0 amide bonds. The molecule has 1 aromatic heterocycles. The summed E-state index contributed by atoms with van der Waals surface area (Å²) in [6, 6.07) is -0.378. The zero-order valence-corrected chi connectivity index (χ0v) is 19.9. The number of alkyl halides is 2. The highest BCUT2D eigenvalue weighted by Gasteiger charge is 2.52. The smallest absolute Gasteiger partial charge is 0.395 e. The van der Waals surface area contributed by atoms with Crippen LogP contribution in [-0.2, 0) is 28.5 Å². The van der Waals surface area contributed by atoms with Gasteiger partial charge in [0.25, 0.3) is 0 Å². The molecule has 2 aliphatic rings. The average Bonchev–Trinajstić information content (AvgIpc) is 3.31. The van der Waals surface area contributed by atoms with E-state index in [1.165, 1.54) is 26.8 Å². The fourth-order valence-electron chi connectivity index (χ4n) is 4.07. The molecule has 1 aliphatic carbocycles. The summed E-state index contributed by atoms with van der Waals surface area (Å²) in [5.41, 5.74) is -6.44. The molecule has 0 saturated heterocycles. The summed E-state index contributed by atoms with van der Waals surface area (Å²) in [4.78, 5) is 14.0. The van der Waals surface area contributed by atoms with Gasteiger partial charge in [-0.1, -0.05) is 26.8 Å². The molecule has 3 aromatic rings. The number of ether oxygens (including phenoxy) is 2. The number of rotatable bonds is 9. The SMILES string of the molecule is [2H]c1c([2H])c(C2(C(=O)Cc3cc4cc(C(C)(C)C([2H])([2H])C)n(C([2H])([2H])[C@@H](O)CO)c4cc3F)C([2H])([2H])C2([2H])[2H])c([2H])c2c1OC(F)(F)O2. The number of hydrogen-bond acceptors (Lipinski definition) is 5. The van der Waals surface area contributed by atoms with Gasteiger partial charge in [-0.15, -0.1) is 8.78 Å². The number of halogens is 3. The van der Waals surface area contributed by atoms with Crippen molar-refractivity contribution in [1.29, 1.82) is 0 Å². The monoisotopic (exact) mass is 528 g/mol. The second kappa shape index (κ2) is 8.77. The Morgan fingerprint density at radius 1 is 1.27 bits per heavy atom. The molecule has 198 valence electrons. The van der Waals surface area contributed by atoms with Crippen molar-refractivity contribution in [1.82, 2.24) is 4.57 Å². The van der Waals surface area contributed by atoms with Gasteiger partial charge in [0.05, 0.1) is 37.0 Å². The third kappa shape index (κ3) is 4.48. The zero-order valence-electron chi connectivity index (χ0n) is 30.9. The Balaban J connectivity index is 1.70. The van der Waals surface area contributed by atoms with Crippen molar-refractivity contribution in [3.05, 3.63) is 59.0 Å². The summed E-state index contributed by atoms with van der Waals surface area (Å²) in [5.74, 6) is -4.76. The molecule has 9 heteroatoms. The highest BCUT2D eigenvalue weighted by atomic mass is 19.3. The van der Waals surface area contributed by atoms with Gasteiger partial charge in [-0.05, 0) is 60.5 Å². The number of aliphatic hydroxyl groups is 2. The van der Waals surface area contributed by atoms with E-state index in [1.54, 1.807) is 0 Å². The quantitative estimate of drug-likeness (QED) is 0.409. The highest BCUT2D eigenvalue weighted by Crippen LogP contribution is 2.52. The zero-order chi connectivity index (χ0) is 36.5. The Kier molecular flexibility index (Phi) is 3.65. The predicted octanol–water partition coefficient (Wildman–Crippen LogP) is 4.99. The third-order valence-corrected chi connectivity index (χ3v) is 6.39. The van der Waals surface area contributed by atoms with Crippen molar-refractivity contribution in [2.24, 2.45) is 0 Å². The van der Waals surface area contributed by atoms with E-state index in [9.17, 15) is 23.8 Å². The second-order valence-electron chi connectivity index (χ2n) is 9.25. The van der Waals surface area contributed by atoms with Crippen LogP contribution in [0.1, 0.15) is 71.8 Å². The number of fused-ring (bicyclic) bond motifs is 2. The van der Waals surface area contributed by atoms with E-state index in [1.807, 2.05) is 0 Å². The molecule has 0 spiro atoms. The summed E-state index contributed by atoms with van der Waals surface area (Å²) < 4.78 is 145. The molecular formula is C28H30F3NO5. The first kappa shape index (κ1) is 15.4. The van der Waals surface area contributed by atoms with Crippen LogP contribution < -0.4 is 9.47 Å². The maximum Gasteiger partial charge on any atom is 0.586 e. The summed E-state index contributed by atoms with van der Waals surface area (Å²) in [7, 11) is 0. The van der Waals surface area contributed by atoms with Crippen molar-refractivity contribution < 1.29 is 52.7 Å². The number of aromatic nitrogens is 1. The Morgan fingerprint density at radius 2 is 1.97 bits per heavy atom. The van der Waals surface area contributed by atoms with Gasteiger partial charge >= 0.3 is 6.29 Å². The molecule has 2 N–H and O–H groups in total. The van der Waals surface area contributed by atoms with Gasteiger partial charge in [0.15, 0.2) is 11.5 Å². The molecule has 6 nitrogen and oxygen atoms in total. The fraction of sp³-hybridized carbons (Fsp3) is 0.464. The van der Waals surface area contributed by atoms with E-state index in [2.05, 4.69) is 9.47 Å². The molecule has 5 rings (SSSR count). The molecule has 0 bridgehead atoms. The Hall–Kier alpha value is -3.04. The van der Waals surface area contributed by atoms with Gasteiger partial charge in [0.2, 0.25) is 0 Å². The van der Waals surface area contributed by atoms with E-state index in [0.717, 1.165) is 16.7 Å². The summed E-state index contributed by atoms with van der Waals surface area (Å²) in [6.45, 7) is 0.205. The lowest BCUT2D eigenvalue weighted by molar-refractivity contribution is -0.286. The van der Waals surface area contributed by atoms with Crippen LogP contribution in [0, 0.1) is 5.82 Å². The van der Waals surface area contributed by atoms with E-state index in [0.29, 0.717) is 0 Å². The Bertz CT molecular complexity index is 1860. The molecule has 1 saturated carbocycles. The maximum atomic E-state index is 15.9. The molecule has 1 atom stereocenters. The van der Waals surface area contributed by atoms with Crippen LogP contribution in [0.2, 0.25) is 0 Å². The lowest BCUT2D eigenvalue weighted by atomic mass is 9.86. The maximum absolute atomic E-state index is 15.9. The molecule has 37 heavy (non-hydrogen) atoms. The van der Waals surface area contributed by atoms with Gasteiger partial charge in [-0.25, -0.2) is 4.39 Å². The van der Waals surface area contributed by atoms with Crippen molar-refractivity contribution in [3.8, 4) is 11.5 Å². The lowest BCUT2D eigenvalue weighted by Crippen LogP contribution is -2.26. The highest BCUT2D eigenvalue weighted by molar-refractivity contribution is 5.95. The minimum absolute atomic E-state index is 0.0116. The van der Waals surface area contributed by atoms with Gasteiger partial charge < -0.3 is 24.3 Å². The number of aliphatic hydroxyl groups excluding tert-OH is 2. The third-order valence-electron chi connectivity index (χ3n) is 6.39. The molecule has 0 radical (unpaired) electrons. The summed E-state index contributed by atoms with van der Waals surface area (Å²) in [6.07, 6.45) is -15.9. The van der Waals surface area contributed by atoms with Crippen molar-refractivity contribution in [2.45, 2.75) is 76.0 Å². The van der Waals surface area contributed by atoms with Crippen LogP contribution in [0.15, 0.2) is 36.3 Å². The summed E-state index contributed by atoms with van der Waals surface area (Å²) in [5, 5.41) is 19.9. The van der Waals surface area contributed by atoms with Gasteiger partial charge in [-0.3, -0.25) is 4.79 Å². The number of carbonyl (C=O) groups excluding carboxylic acids is 1. The minimum atomic E-state index is -4.37. The normalized spacial score (nSPS) is 26.1. The van der Waals surface area contributed by atoms with Crippen LogP contribution in [-0.4, -0.2) is 39.6 Å². The van der Waals surface area contributed by atoms with Crippen LogP contribution in [0.5, 0.6) is 11.5 Å². The first-order valence-electron chi connectivity index (χ1n) is 16.7. The molecule has 2 heterocycles. The van der Waals surface area contributed by atoms with Crippen LogP contribution in [0.3, 0.4) is 0 Å². The summed E-state index contributed by atoms with van der Waals surface area (Å²) >= 11 is 0. The predicted molar refractivity (Wildman–Crippen MR) is 131 cm³/mol. The first-order chi connectivity index (χ1) is 21.6. The number of Topliss-reactive ketones (excluding diaryl/α,β-unsaturated/α-hetero) is 1. The van der Waals surface area contributed by atoms with Gasteiger partial charge in [0, 0.05) is 31.1 Å². The molecule has 1 fully saturated rings. The lowest BCUT2D eigenvalue weighted by Gasteiger charge is -2.26. The van der Waals surface area contributed by atoms with Gasteiger partial charge in [0.1, 0.15) is 11.6 Å². The van der Waals surface area contributed by atoms with Crippen molar-refractivity contribution in [2.75, 3.05) is 6.61 Å². The Labute approximate surface area is 228 Å². The van der Waals surface area contributed by atoms with Crippen LogP contribution in [0.25, 0.3) is 10.9 Å². The van der Waals surface area contributed by atoms with Gasteiger partial charge in [-0.2, -0.15) is 0 Å².